The van der Waals surface area contributed by atoms with Gasteiger partial charge in [0.2, 0.25) is 0 Å². The van der Waals surface area contributed by atoms with E-state index in [0.717, 1.165) is 16.5 Å². The molecule has 0 aliphatic heterocycles. The molecule has 0 saturated carbocycles. The van der Waals surface area contributed by atoms with Crippen LogP contribution >= 0.6 is 67.8 Å². The maximum atomic E-state index is 12.1. The zero-order valence-corrected chi connectivity index (χ0v) is 19.0. The lowest BCUT2D eigenvalue weighted by molar-refractivity contribution is -0.158. The number of carbonyl (C=O) groups excluding carboxylic acids is 1. The second kappa shape index (κ2) is 9.55. The molecule has 2 atom stereocenters. The number of benzene rings is 1. The van der Waals surface area contributed by atoms with Crippen LogP contribution in [-0.4, -0.2) is 30.3 Å². The standard InChI is InChI=1S/C16H15I3O5/c17-9-7-12(18)14(13(19)8-9)23-5-6-24-16(22)11-4-2-1-3-10(11)15(20)21/h1-2,7-8,10-11H,3-6H2,(H,20,21)/t10-,11+/m0/s1. The summed E-state index contributed by atoms with van der Waals surface area (Å²) in [6.45, 7) is 0.335. The normalized spacial score (nSPS) is 19.8. The molecule has 0 unspecified atom stereocenters. The van der Waals surface area contributed by atoms with Crippen molar-refractivity contribution >= 4 is 79.7 Å². The number of halogens is 3. The SMILES string of the molecule is O=C(O)[C@H]1CC=CC[C@H]1C(=O)OCCOc1c(I)cc(I)cc1I. The number of rotatable bonds is 6. The van der Waals surface area contributed by atoms with E-state index in [1.54, 1.807) is 6.08 Å². The molecule has 1 aromatic rings. The molecule has 1 aromatic carbocycles. The van der Waals surface area contributed by atoms with E-state index in [2.05, 4.69) is 67.8 Å². The Morgan fingerprint density at radius 2 is 1.62 bits per heavy atom. The zero-order valence-electron chi connectivity index (χ0n) is 12.5. The summed E-state index contributed by atoms with van der Waals surface area (Å²) in [5.74, 6) is -1.98. The van der Waals surface area contributed by atoms with Gasteiger partial charge >= 0.3 is 11.9 Å². The molecule has 0 radical (unpaired) electrons. The number of allylic oxidation sites excluding steroid dienone is 2. The smallest absolute Gasteiger partial charge is 0.310 e. The summed E-state index contributed by atoms with van der Waals surface area (Å²) in [6, 6.07) is 4.02. The third kappa shape index (κ3) is 5.44. The number of carboxylic acid groups (broad SMARTS) is 1. The van der Waals surface area contributed by atoms with Gasteiger partial charge in [-0.3, -0.25) is 9.59 Å². The summed E-state index contributed by atoms with van der Waals surface area (Å²) in [6.07, 6.45) is 4.40. The summed E-state index contributed by atoms with van der Waals surface area (Å²) >= 11 is 6.66. The van der Waals surface area contributed by atoms with Crippen LogP contribution in [0.15, 0.2) is 24.3 Å². The van der Waals surface area contributed by atoms with Crippen LogP contribution in [0.2, 0.25) is 0 Å². The largest absolute Gasteiger partial charge is 0.488 e. The van der Waals surface area contributed by atoms with Crippen LogP contribution in [0.25, 0.3) is 0 Å². The molecule has 8 heteroatoms. The first-order valence-corrected chi connectivity index (χ1v) is 10.5. The van der Waals surface area contributed by atoms with Gasteiger partial charge in [0, 0.05) is 3.57 Å². The highest BCUT2D eigenvalue weighted by Gasteiger charge is 2.35. The molecule has 1 aliphatic carbocycles. The van der Waals surface area contributed by atoms with E-state index in [1.165, 1.54) is 0 Å². The summed E-state index contributed by atoms with van der Waals surface area (Å²) in [5, 5.41) is 9.19. The number of esters is 1. The molecule has 2 rings (SSSR count). The Kier molecular flexibility index (Phi) is 8.04. The average Bonchev–Trinajstić information content (AvgIpc) is 2.52. The lowest BCUT2D eigenvalue weighted by atomic mass is 9.83. The van der Waals surface area contributed by atoms with Gasteiger partial charge in [-0.25, -0.2) is 0 Å². The van der Waals surface area contributed by atoms with Crippen molar-refractivity contribution in [3.8, 4) is 5.75 Å². The number of ether oxygens (including phenoxy) is 2. The minimum atomic E-state index is -0.958. The second-order valence-electron chi connectivity index (χ2n) is 5.21. The lowest BCUT2D eigenvalue weighted by Crippen LogP contribution is -2.33. The van der Waals surface area contributed by atoms with Gasteiger partial charge in [0.05, 0.1) is 19.0 Å². The Balaban J connectivity index is 1.85. The molecule has 130 valence electrons. The monoisotopic (exact) mass is 668 g/mol. The van der Waals surface area contributed by atoms with Crippen LogP contribution in [0, 0.1) is 22.5 Å². The third-order valence-corrected chi connectivity index (χ3v) is 5.81. The average molecular weight is 668 g/mol. The van der Waals surface area contributed by atoms with Crippen molar-refractivity contribution in [3.05, 3.63) is 35.0 Å². The van der Waals surface area contributed by atoms with Crippen LogP contribution in [0.3, 0.4) is 0 Å². The Hall–Kier alpha value is -0.110. The molecule has 0 spiro atoms. The van der Waals surface area contributed by atoms with Crippen molar-refractivity contribution in [3.63, 3.8) is 0 Å². The highest BCUT2D eigenvalue weighted by molar-refractivity contribution is 14.1. The van der Waals surface area contributed by atoms with Crippen molar-refractivity contribution < 1.29 is 24.2 Å². The first kappa shape index (κ1) is 20.2. The first-order valence-electron chi connectivity index (χ1n) is 7.22. The fourth-order valence-corrected chi connectivity index (χ4v) is 6.30. The van der Waals surface area contributed by atoms with Gasteiger partial charge in [0.15, 0.2) is 0 Å². The van der Waals surface area contributed by atoms with E-state index in [-0.39, 0.29) is 13.2 Å². The highest BCUT2D eigenvalue weighted by Crippen LogP contribution is 2.30. The van der Waals surface area contributed by atoms with Crippen LogP contribution in [0.1, 0.15) is 12.8 Å². The van der Waals surface area contributed by atoms with E-state index in [1.807, 2.05) is 18.2 Å². The predicted octanol–water partition coefficient (Wildman–Crippen LogP) is 4.09. The number of hydrogen-bond donors (Lipinski definition) is 1. The van der Waals surface area contributed by atoms with Crippen molar-refractivity contribution in [1.29, 1.82) is 0 Å². The fourth-order valence-electron chi connectivity index (χ4n) is 2.41. The van der Waals surface area contributed by atoms with E-state index >= 15 is 0 Å². The second-order valence-corrected chi connectivity index (χ2v) is 8.78. The summed E-state index contributed by atoms with van der Waals surface area (Å²) in [4.78, 5) is 23.3. The molecule has 0 bridgehead atoms. The molecule has 0 aromatic heterocycles. The molecule has 1 N–H and O–H groups in total. The topological polar surface area (TPSA) is 72.8 Å². The Labute approximate surface area is 181 Å². The minimum absolute atomic E-state index is 0.101. The molecular weight excluding hydrogens is 653 g/mol. The molecule has 0 amide bonds. The quantitative estimate of drug-likeness (QED) is 0.214. The number of aliphatic carboxylic acids is 1. The fraction of sp³-hybridized carbons (Fsp3) is 0.375. The third-order valence-electron chi connectivity index (χ3n) is 3.59. The van der Waals surface area contributed by atoms with Crippen molar-refractivity contribution in [2.24, 2.45) is 11.8 Å². The molecule has 24 heavy (non-hydrogen) atoms. The maximum absolute atomic E-state index is 12.1. The zero-order chi connectivity index (χ0) is 17.7. The van der Waals surface area contributed by atoms with Gasteiger partial charge in [0.25, 0.3) is 0 Å². The summed E-state index contributed by atoms with van der Waals surface area (Å²) in [7, 11) is 0. The molecule has 0 saturated heterocycles. The Bertz CT molecular complexity index is 636. The van der Waals surface area contributed by atoms with E-state index < -0.39 is 23.8 Å². The lowest BCUT2D eigenvalue weighted by Gasteiger charge is -2.23. The van der Waals surface area contributed by atoms with E-state index in [4.69, 9.17) is 9.47 Å². The summed E-state index contributed by atoms with van der Waals surface area (Å²) in [5.41, 5.74) is 0. The molecule has 5 nitrogen and oxygen atoms in total. The number of hydrogen-bond acceptors (Lipinski definition) is 4. The highest BCUT2D eigenvalue weighted by atomic mass is 127. The van der Waals surface area contributed by atoms with Gasteiger partial charge in [-0.2, -0.15) is 0 Å². The minimum Gasteiger partial charge on any atom is -0.488 e. The van der Waals surface area contributed by atoms with Crippen molar-refractivity contribution in [2.45, 2.75) is 12.8 Å². The Morgan fingerprint density at radius 1 is 1.04 bits per heavy atom. The van der Waals surface area contributed by atoms with Crippen LogP contribution in [-0.2, 0) is 14.3 Å². The van der Waals surface area contributed by atoms with Crippen LogP contribution < -0.4 is 4.74 Å². The van der Waals surface area contributed by atoms with E-state index in [0.29, 0.717) is 12.8 Å². The van der Waals surface area contributed by atoms with Gasteiger partial charge in [-0.15, -0.1) is 0 Å². The predicted molar refractivity (Wildman–Crippen MR) is 114 cm³/mol. The van der Waals surface area contributed by atoms with Crippen molar-refractivity contribution in [1.82, 2.24) is 0 Å². The molecule has 0 heterocycles. The van der Waals surface area contributed by atoms with Gasteiger partial charge in [0.1, 0.15) is 19.0 Å². The van der Waals surface area contributed by atoms with Crippen LogP contribution in [0.4, 0.5) is 0 Å². The maximum Gasteiger partial charge on any atom is 0.310 e. The number of carboxylic acids is 1. The van der Waals surface area contributed by atoms with Gasteiger partial charge < -0.3 is 14.6 Å². The van der Waals surface area contributed by atoms with Crippen molar-refractivity contribution in [2.75, 3.05) is 13.2 Å². The van der Waals surface area contributed by atoms with Crippen LogP contribution in [0.5, 0.6) is 5.75 Å². The number of carbonyl (C=O) groups is 2. The molecule has 1 aliphatic rings. The van der Waals surface area contributed by atoms with Gasteiger partial charge in [-0.1, -0.05) is 12.2 Å². The summed E-state index contributed by atoms with van der Waals surface area (Å²) < 4.78 is 14.1. The Morgan fingerprint density at radius 3 is 2.21 bits per heavy atom. The molecule has 0 fully saturated rings. The van der Waals surface area contributed by atoms with E-state index in [9.17, 15) is 14.7 Å². The molecular formula is C16H15I3O5. The first-order chi connectivity index (χ1) is 11.4. The van der Waals surface area contributed by atoms with Gasteiger partial charge in [-0.05, 0) is 92.7 Å².